The van der Waals surface area contributed by atoms with Crippen molar-refractivity contribution in [1.82, 2.24) is 25.1 Å². The van der Waals surface area contributed by atoms with Crippen molar-refractivity contribution < 1.29 is 4.74 Å². The second-order valence-electron chi connectivity index (χ2n) is 8.18. The molecule has 0 saturated heterocycles. The van der Waals surface area contributed by atoms with Gasteiger partial charge >= 0.3 is 0 Å². The Bertz CT molecular complexity index is 1210. The topological polar surface area (TPSA) is 105 Å². The lowest BCUT2D eigenvalue weighted by atomic mass is 10.1. The second kappa shape index (κ2) is 11.0. The van der Waals surface area contributed by atoms with E-state index in [1.807, 2.05) is 67.6 Å². The second-order valence-corrected chi connectivity index (χ2v) is 9.22. The van der Waals surface area contributed by atoms with Gasteiger partial charge in [-0.3, -0.25) is 5.10 Å². The number of nitrogens with one attached hydrogen (secondary N) is 2. The number of aryl methyl sites for hydroxylation is 1. The van der Waals surface area contributed by atoms with Crippen LogP contribution in [0.5, 0.6) is 5.75 Å². The number of nitrogens with zero attached hydrogens (tertiary/aromatic N) is 4. The maximum Gasteiger partial charge on any atom is 0.194 e. The number of hydrogen-bond acceptors (Lipinski definition) is 8. The molecule has 0 aliphatic heterocycles. The molecular formula is C25H29N7OS. The molecule has 0 amide bonds. The minimum absolute atomic E-state index is 0.626. The van der Waals surface area contributed by atoms with Crippen LogP contribution in [0.2, 0.25) is 0 Å². The molecule has 0 atom stereocenters. The van der Waals surface area contributed by atoms with Crippen LogP contribution in [-0.4, -0.2) is 52.3 Å². The molecule has 0 unspecified atom stereocenters. The Labute approximate surface area is 204 Å². The van der Waals surface area contributed by atoms with E-state index < -0.39 is 0 Å². The molecule has 8 nitrogen and oxygen atoms in total. The van der Waals surface area contributed by atoms with Gasteiger partial charge in [-0.15, -0.1) is 0 Å². The SMILES string of the molecule is Cc1cc(Nc2cc(-c3ccc(OCCCN(C)C)cc3)nc(Sc3ccc(N)cc3)n2)n[nH]1. The largest absolute Gasteiger partial charge is 0.494 e. The predicted molar refractivity (Wildman–Crippen MR) is 138 cm³/mol. The van der Waals surface area contributed by atoms with Gasteiger partial charge in [-0.1, -0.05) is 0 Å². The van der Waals surface area contributed by atoms with Crippen LogP contribution in [0.4, 0.5) is 17.3 Å². The lowest BCUT2D eigenvalue weighted by molar-refractivity contribution is 0.281. The Hall–Kier alpha value is -3.56. The van der Waals surface area contributed by atoms with Crippen LogP contribution in [-0.2, 0) is 0 Å². The monoisotopic (exact) mass is 475 g/mol. The minimum atomic E-state index is 0.626. The number of ether oxygens (including phenoxy) is 1. The van der Waals surface area contributed by atoms with Gasteiger partial charge in [0, 0.05) is 40.5 Å². The number of aromatic amines is 1. The number of nitrogen functional groups attached to an aromatic ring is 1. The van der Waals surface area contributed by atoms with Crippen molar-refractivity contribution in [2.45, 2.75) is 23.4 Å². The van der Waals surface area contributed by atoms with Crippen molar-refractivity contribution in [1.29, 1.82) is 0 Å². The molecule has 2 aromatic heterocycles. The summed E-state index contributed by atoms with van der Waals surface area (Å²) in [6.45, 7) is 3.64. The fourth-order valence-corrected chi connectivity index (χ4v) is 4.00. The lowest BCUT2D eigenvalue weighted by Gasteiger charge is -2.11. The van der Waals surface area contributed by atoms with Gasteiger partial charge in [0.05, 0.1) is 12.3 Å². The standard InChI is InChI=1S/C25H29N7OS/c1-17-15-24(31-30-17)28-23-16-22(27-25(29-23)34-21-11-7-19(26)8-12-21)18-5-9-20(10-6-18)33-14-4-13-32(2)3/h5-12,15-16H,4,13-14,26H2,1-3H3,(H2,27,28,29,30,31). The Balaban J connectivity index is 1.56. The van der Waals surface area contributed by atoms with Crippen LogP contribution in [0, 0.1) is 6.92 Å². The molecule has 9 heteroatoms. The van der Waals surface area contributed by atoms with Gasteiger partial charge in [0.1, 0.15) is 11.6 Å². The Morgan fingerprint density at radius 2 is 1.76 bits per heavy atom. The highest BCUT2D eigenvalue weighted by molar-refractivity contribution is 7.99. The fraction of sp³-hybridized carbons (Fsp3) is 0.240. The van der Waals surface area contributed by atoms with E-state index in [1.165, 1.54) is 11.8 Å². The first kappa shape index (κ1) is 23.6. The highest BCUT2D eigenvalue weighted by Gasteiger charge is 2.10. The van der Waals surface area contributed by atoms with Gasteiger partial charge in [0.15, 0.2) is 11.0 Å². The van der Waals surface area contributed by atoms with E-state index in [0.717, 1.165) is 46.2 Å². The molecule has 2 aromatic carbocycles. The molecule has 0 aliphatic rings. The smallest absolute Gasteiger partial charge is 0.194 e. The van der Waals surface area contributed by atoms with Crippen LogP contribution >= 0.6 is 11.8 Å². The van der Waals surface area contributed by atoms with Crippen molar-refractivity contribution >= 4 is 29.1 Å². The molecule has 2 heterocycles. The summed E-state index contributed by atoms with van der Waals surface area (Å²) in [6.07, 6.45) is 0.980. The lowest BCUT2D eigenvalue weighted by Crippen LogP contribution is -2.15. The molecule has 0 bridgehead atoms. The van der Waals surface area contributed by atoms with Gasteiger partial charge in [0.25, 0.3) is 0 Å². The summed E-state index contributed by atoms with van der Waals surface area (Å²) in [7, 11) is 4.12. The molecule has 4 rings (SSSR count). The van der Waals surface area contributed by atoms with Crippen molar-refractivity contribution in [3.8, 4) is 17.0 Å². The molecule has 4 N–H and O–H groups in total. The quantitative estimate of drug-likeness (QED) is 0.167. The maximum atomic E-state index is 5.87. The normalized spacial score (nSPS) is 11.1. The molecule has 0 aliphatic carbocycles. The van der Waals surface area contributed by atoms with E-state index >= 15 is 0 Å². The van der Waals surface area contributed by atoms with Crippen molar-refractivity contribution in [2.75, 3.05) is 38.3 Å². The summed E-state index contributed by atoms with van der Waals surface area (Å²) in [5.41, 5.74) is 9.29. The van der Waals surface area contributed by atoms with E-state index in [2.05, 4.69) is 39.5 Å². The highest BCUT2D eigenvalue weighted by atomic mass is 32.2. The van der Waals surface area contributed by atoms with Gasteiger partial charge in [-0.25, -0.2) is 9.97 Å². The Morgan fingerprint density at radius 1 is 1.00 bits per heavy atom. The molecule has 0 spiro atoms. The average molecular weight is 476 g/mol. The maximum absolute atomic E-state index is 5.87. The fourth-order valence-electron chi connectivity index (χ4n) is 3.23. The number of rotatable bonds is 10. The van der Waals surface area contributed by atoms with Gasteiger partial charge in [-0.2, -0.15) is 5.10 Å². The van der Waals surface area contributed by atoms with Crippen LogP contribution in [0.3, 0.4) is 0 Å². The number of H-pyrrole nitrogens is 1. The minimum Gasteiger partial charge on any atom is -0.494 e. The zero-order valence-electron chi connectivity index (χ0n) is 19.6. The third-order valence-electron chi connectivity index (χ3n) is 4.93. The summed E-state index contributed by atoms with van der Waals surface area (Å²) < 4.78 is 5.87. The summed E-state index contributed by atoms with van der Waals surface area (Å²) in [6, 6.07) is 19.5. The third kappa shape index (κ3) is 6.72. The number of benzene rings is 2. The number of nitrogens with two attached hydrogens (primary N) is 1. The molecule has 176 valence electrons. The highest BCUT2D eigenvalue weighted by Crippen LogP contribution is 2.30. The third-order valence-corrected chi connectivity index (χ3v) is 5.80. The summed E-state index contributed by atoms with van der Waals surface area (Å²) in [5.74, 6) is 2.21. The van der Waals surface area contributed by atoms with E-state index in [4.69, 9.17) is 15.5 Å². The van der Waals surface area contributed by atoms with Crippen LogP contribution < -0.4 is 15.8 Å². The number of hydrogen-bond donors (Lipinski definition) is 3. The van der Waals surface area contributed by atoms with Gasteiger partial charge in [0.2, 0.25) is 0 Å². The van der Waals surface area contributed by atoms with Crippen molar-refractivity contribution in [3.05, 3.63) is 66.4 Å². The molecule has 0 fully saturated rings. The van der Waals surface area contributed by atoms with Crippen LogP contribution in [0.1, 0.15) is 12.1 Å². The number of aromatic nitrogens is 4. The molecular weight excluding hydrogens is 446 g/mol. The summed E-state index contributed by atoms with van der Waals surface area (Å²) >= 11 is 1.48. The van der Waals surface area contributed by atoms with E-state index in [9.17, 15) is 0 Å². The van der Waals surface area contributed by atoms with E-state index in [0.29, 0.717) is 23.4 Å². The Morgan fingerprint density at radius 3 is 2.44 bits per heavy atom. The number of anilines is 3. The van der Waals surface area contributed by atoms with Gasteiger partial charge < -0.3 is 20.7 Å². The van der Waals surface area contributed by atoms with Crippen LogP contribution in [0.15, 0.2) is 70.7 Å². The average Bonchev–Trinajstić information content (AvgIpc) is 3.23. The first-order valence-electron chi connectivity index (χ1n) is 11.0. The molecule has 0 radical (unpaired) electrons. The Kier molecular flexibility index (Phi) is 7.66. The summed E-state index contributed by atoms with van der Waals surface area (Å²) in [5, 5.41) is 11.1. The van der Waals surface area contributed by atoms with E-state index in [-0.39, 0.29) is 0 Å². The first-order valence-corrected chi connectivity index (χ1v) is 11.9. The van der Waals surface area contributed by atoms with Crippen molar-refractivity contribution in [2.24, 2.45) is 0 Å². The van der Waals surface area contributed by atoms with Crippen LogP contribution in [0.25, 0.3) is 11.3 Å². The predicted octanol–water partition coefficient (Wildman–Crippen LogP) is 4.98. The van der Waals surface area contributed by atoms with E-state index in [1.54, 1.807) is 0 Å². The molecule has 4 aromatic rings. The van der Waals surface area contributed by atoms with Crippen molar-refractivity contribution in [3.63, 3.8) is 0 Å². The molecule has 0 saturated carbocycles. The zero-order valence-corrected chi connectivity index (χ0v) is 20.4. The zero-order chi connectivity index (χ0) is 23.9. The van der Waals surface area contributed by atoms with Gasteiger partial charge in [-0.05, 0) is 87.7 Å². The summed E-state index contributed by atoms with van der Waals surface area (Å²) in [4.78, 5) is 12.6. The first-order chi connectivity index (χ1) is 16.4. The molecule has 34 heavy (non-hydrogen) atoms.